The van der Waals surface area contributed by atoms with Crippen LogP contribution in [0.25, 0.3) is 0 Å². The van der Waals surface area contributed by atoms with E-state index in [9.17, 15) is 14.3 Å². The highest BCUT2D eigenvalue weighted by Gasteiger charge is 2.17. The second kappa shape index (κ2) is 10.9. The number of halogens is 1. The van der Waals surface area contributed by atoms with Gasteiger partial charge < -0.3 is 15.3 Å². The van der Waals surface area contributed by atoms with E-state index in [1.54, 1.807) is 12.1 Å². The predicted octanol–water partition coefficient (Wildman–Crippen LogP) is 2.62. The molecule has 1 aliphatic rings. The summed E-state index contributed by atoms with van der Waals surface area (Å²) in [6, 6.07) is 16.5. The summed E-state index contributed by atoms with van der Waals surface area (Å²) in [5, 5.41) is 12.4. The molecule has 2 aromatic carbocycles. The van der Waals surface area contributed by atoms with Gasteiger partial charge in [0.15, 0.2) is 0 Å². The van der Waals surface area contributed by atoms with E-state index in [4.69, 9.17) is 0 Å². The Kier molecular flexibility index (Phi) is 8.02. The van der Waals surface area contributed by atoms with Crippen LogP contribution in [-0.2, 0) is 4.79 Å². The molecule has 3 rings (SSSR count). The Labute approximate surface area is 172 Å². The molecule has 156 valence electrons. The number of carbonyl (C=O) groups excluding carboxylic acids is 1. The second-order valence-corrected chi connectivity index (χ2v) is 7.50. The molecule has 1 atom stereocenters. The van der Waals surface area contributed by atoms with E-state index in [0.717, 1.165) is 44.7 Å². The molecule has 1 heterocycles. The van der Waals surface area contributed by atoms with Gasteiger partial charge in [-0.3, -0.25) is 9.69 Å². The molecule has 29 heavy (non-hydrogen) atoms. The Morgan fingerprint density at radius 3 is 2.38 bits per heavy atom. The van der Waals surface area contributed by atoms with Crippen molar-refractivity contribution in [1.29, 1.82) is 0 Å². The van der Waals surface area contributed by atoms with Crippen LogP contribution in [0.5, 0.6) is 0 Å². The first-order valence-corrected chi connectivity index (χ1v) is 10.3. The molecule has 0 aromatic heterocycles. The third-order valence-electron chi connectivity index (χ3n) is 5.48. The first kappa shape index (κ1) is 21.3. The number of piperazine rings is 1. The van der Waals surface area contributed by atoms with Crippen LogP contribution >= 0.6 is 0 Å². The van der Waals surface area contributed by atoms with E-state index in [1.807, 2.05) is 6.07 Å². The normalized spacial score (nSPS) is 15.9. The van der Waals surface area contributed by atoms with Crippen molar-refractivity contribution < 1.29 is 14.3 Å². The second-order valence-electron chi connectivity index (χ2n) is 7.50. The molecule has 0 saturated carbocycles. The number of hydrogen-bond acceptors (Lipinski definition) is 4. The van der Waals surface area contributed by atoms with Crippen LogP contribution in [0.4, 0.5) is 10.1 Å². The third-order valence-corrected chi connectivity index (χ3v) is 5.48. The molecule has 6 heteroatoms. The number of aliphatic hydroxyl groups is 1. The Morgan fingerprint density at radius 2 is 1.72 bits per heavy atom. The van der Waals surface area contributed by atoms with E-state index in [2.05, 4.69) is 39.4 Å². The van der Waals surface area contributed by atoms with E-state index >= 15 is 0 Å². The molecule has 1 aliphatic heterocycles. The lowest BCUT2D eigenvalue weighted by molar-refractivity contribution is -0.121. The molecular weight excluding hydrogens is 369 g/mol. The van der Waals surface area contributed by atoms with Gasteiger partial charge in [-0.15, -0.1) is 0 Å². The quantitative estimate of drug-likeness (QED) is 0.681. The lowest BCUT2D eigenvalue weighted by Crippen LogP contribution is -2.46. The lowest BCUT2D eigenvalue weighted by Gasteiger charge is -2.36. The van der Waals surface area contributed by atoms with Gasteiger partial charge >= 0.3 is 0 Å². The third kappa shape index (κ3) is 6.54. The zero-order valence-corrected chi connectivity index (χ0v) is 16.8. The average molecular weight is 400 g/mol. The highest BCUT2D eigenvalue weighted by Crippen LogP contribution is 2.16. The number of hydrogen-bond donors (Lipinski definition) is 2. The van der Waals surface area contributed by atoms with Gasteiger partial charge in [-0.1, -0.05) is 30.3 Å². The molecule has 1 amide bonds. The van der Waals surface area contributed by atoms with Gasteiger partial charge in [0.05, 0.1) is 6.61 Å². The molecule has 2 aromatic rings. The van der Waals surface area contributed by atoms with Crippen LogP contribution in [-0.4, -0.2) is 61.8 Å². The van der Waals surface area contributed by atoms with Crippen molar-refractivity contribution in [3.05, 3.63) is 66.0 Å². The molecule has 0 aliphatic carbocycles. The van der Waals surface area contributed by atoms with Gasteiger partial charge in [0.1, 0.15) is 5.82 Å². The Bertz CT molecular complexity index is 746. The monoisotopic (exact) mass is 399 g/mol. The summed E-state index contributed by atoms with van der Waals surface area (Å²) in [5.74, 6) is -0.529. The number of carbonyl (C=O) groups is 1. The highest BCUT2D eigenvalue weighted by atomic mass is 19.1. The van der Waals surface area contributed by atoms with Crippen molar-refractivity contribution in [2.75, 3.05) is 50.8 Å². The fraction of sp³-hybridized carbons (Fsp3) is 0.435. The molecule has 0 radical (unpaired) electrons. The van der Waals surface area contributed by atoms with Crippen LogP contribution in [0.15, 0.2) is 54.6 Å². The number of aliphatic hydroxyl groups excluding tert-OH is 1. The van der Waals surface area contributed by atoms with Gasteiger partial charge in [-0.2, -0.15) is 0 Å². The van der Waals surface area contributed by atoms with E-state index in [1.165, 1.54) is 17.8 Å². The number of nitrogens with one attached hydrogen (secondary N) is 1. The van der Waals surface area contributed by atoms with Crippen molar-refractivity contribution in [2.45, 2.75) is 18.8 Å². The van der Waals surface area contributed by atoms with Crippen LogP contribution in [0, 0.1) is 5.82 Å². The summed E-state index contributed by atoms with van der Waals surface area (Å²) >= 11 is 0. The van der Waals surface area contributed by atoms with E-state index < -0.39 is 0 Å². The number of rotatable bonds is 9. The van der Waals surface area contributed by atoms with Gasteiger partial charge in [0, 0.05) is 50.7 Å². The van der Waals surface area contributed by atoms with Gasteiger partial charge in [-0.05, 0) is 42.8 Å². The molecule has 2 N–H and O–H groups in total. The van der Waals surface area contributed by atoms with Gasteiger partial charge in [0.25, 0.3) is 0 Å². The molecule has 0 spiro atoms. The summed E-state index contributed by atoms with van der Waals surface area (Å²) in [4.78, 5) is 16.9. The van der Waals surface area contributed by atoms with E-state index in [0.29, 0.717) is 13.0 Å². The van der Waals surface area contributed by atoms with Crippen molar-refractivity contribution in [1.82, 2.24) is 10.2 Å². The molecule has 1 fully saturated rings. The largest absolute Gasteiger partial charge is 0.396 e. The Balaban J connectivity index is 1.32. The number of nitrogens with zero attached hydrogens (tertiary/aromatic N) is 2. The summed E-state index contributed by atoms with van der Waals surface area (Å²) in [5.41, 5.74) is 2.09. The molecular formula is C23H30FN3O2. The van der Waals surface area contributed by atoms with Crippen LogP contribution in [0.3, 0.4) is 0 Å². The van der Waals surface area contributed by atoms with E-state index in [-0.39, 0.29) is 24.2 Å². The Hall–Kier alpha value is -2.44. The maximum atomic E-state index is 13.0. The fourth-order valence-electron chi connectivity index (χ4n) is 3.68. The summed E-state index contributed by atoms with van der Waals surface area (Å²) in [6.45, 7) is 5.21. The Morgan fingerprint density at radius 1 is 1.03 bits per heavy atom. The van der Waals surface area contributed by atoms with Crippen LogP contribution in [0.1, 0.15) is 24.3 Å². The van der Waals surface area contributed by atoms with Crippen molar-refractivity contribution in [3.8, 4) is 0 Å². The predicted molar refractivity (Wildman–Crippen MR) is 114 cm³/mol. The molecule has 5 nitrogen and oxygen atoms in total. The number of para-hydroxylation sites is 1. The average Bonchev–Trinajstić information content (AvgIpc) is 2.76. The maximum Gasteiger partial charge on any atom is 0.220 e. The smallest absolute Gasteiger partial charge is 0.220 e. The SMILES string of the molecule is O=C(CCCN1CCN(c2ccccc2)CC1)NCC(CO)c1ccc(F)cc1. The summed E-state index contributed by atoms with van der Waals surface area (Å²) < 4.78 is 13.0. The standard InChI is InChI=1S/C23H30FN3O2/c24-21-10-8-19(9-11-21)20(18-28)17-25-23(29)7-4-12-26-13-15-27(16-14-26)22-5-2-1-3-6-22/h1-3,5-6,8-11,20,28H,4,7,12-18H2,(H,25,29). The van der Waals surface area contributed by atoms with Crippen molar-refractivity contribution in [2.24, 2.45) is 0 Å². The first-order chi connectivity index (χ1) is 14.2. The first-order valence-electron chi connectivity index (χ1n) is 10.3. The summed E-state index contributed by atoms with van der Waals surface area (Å²) in [6.07, 6.45) is 1.29. The van der Waals surface area contributed by atoms with Crippen molar-refractivity contribution in [3.63, 3.8) is 0 Å². The van der Waals surface area contributed by atoms with Gasteiger partial charge in [0.2, 0.25) is 5.91 Å². The minimum atomic E-state index is -0.306. The molecule has 1 saturated heterocycles. The number of anilines is 1. The zero-order valence-electron chi connectivity index (χ0n) is 16.8. The minimum absolute atomic E-state index is 0.00603. The summed E-state index contributed by atoms with van der Waals surface area (Å²) in [7, 11) is 0. The number of amides is 1. The van der Waals surface area contributed by atoms with Crippen LogP contribution in [0.2, 0.25) is 0 Å². The molecule has 1 unspecified atom stereocenters. The zero-order chi connectivity index (χ0) is 20.5. The fourth-order valence-corrected chi connectivity index (χ4v) is 3.68. The topological polar surface area (TPSA) is 55.8 Å². The van der Waals surface area contributed by atoms with Crippen molar-refractivity contribution >= 4 is 11.6 Å². The molecule has 0 bridgehead atoms. The maximum absolute atomic E-state index is 13.0. The number of benzene rings is 2. The van der Waals surface area contributed by atoms with Crippen LogP contribution < -0.4 is 10.2 Å². The highest BCUT2D eigenvalue weighted by molar-refractivity contribution is 5.75. The lowest BCUT2D eigenvalue weighted by atomic mass is 10.00. The minimum Gasteiger partial charge on any atom is -0.396 e. The van der Waals surface area contributed by atoms with Gasteiger partial charge in [-0.25, -0.2) is 4.39 Å².